The fourth-order valence-corrected chi connectivity index (χ4v) is 5.18. The first kappa shape index (κ1) is 25.4. The molecular weight excluding hydrogens is 476 g/mol. The van der Waals surface area contributed by atoms with E-state index in [9.17, 15) is 9.59 Å². The van der Waals surface area contributed by atoms with E-state index in [2.05, 4.69) is 4.99 Å². The number of nitrogens with zero attached hydrogens (tertiary/aromatic N) is 2. The number of carbonyl (C=O) groups is 1. The number of methoxy groups -OCH3 is 1. The molecule has 0 unspecified atom stereocenters. The number of fused-ring (bicyclic) bond motifs is 1. The third-order valence-corrected chi connectivity index (χ3v) is 6.74. The lowest BCUT2D eigenvalue weighted by Crippen LogP contribution is -2.39. The summed E-state index contributed by atoms with van der Waals surface area (Å²) in [4.78, 5) is 31.9. The Morgan fingerprint density at radius 3 is 2.50 bits per heavy atom. The monoisotopic (exact) mass is 506 g/mol. The molecule has 2 heterocycles. The first-order chi connectivity index (χ1) is 17.2. The van der Waals surface area contributed by atoms with E-state index in [1.54, 1.807) is 31.6 Å². The van der Waals surface area contributed by atoms with Crippen LogP contribution in [0.15, 0.2) is 63.5 Å². The fourth-order valence-electron chi connectivity index (χ4n) is 4.13. The van der Waals surface area contributed by atoms with Crippen molar-refractivity contribution in [2.45, 2.75) is 46.8 Å². The van der Waals surface area contributed by atoms with Gasteiger partial charge in [-0.3, -0.25) is 9.36 Å². The zero-order chi connectivity index (χ0) is 26.0. The molecule has 0 radical (unpaired) electrons. The van der Waals surface area contributed by atoms with Crippen LogP contribution in [0.4, 0.5) is 0 Å². The second kappa shape index (κ2) is 10.5. The molecule has 0 aliphatic carbocycles. The average molecular weight is 507 g/mol. The Bertz CT molecular complexity index is 1500. The van der Waals surface area contributed by atoms with Gasteiger partial charge >= 0.3 is 5.97 Å². The van der Waals surface area contributed by atoms with Crippen molar-refractivity contribution in [1.29, 1.82) is 0 Å². The van der Waals surface area contributed by atoms with Crippen LogP contribution in [0.3, 0.4) is 0 Å². The van der Waals surface area contributed by atoms with E-state index in [0.717, 1.165) is 16.7 Å². The quantitative estimate of drug-likeness (QED) is 0.454. The van der Waals surface area contributed by atoms with Gasteiger partial charge in [0, 0.05) is 0 Å². The minimum atomic E-state index is -0.626. The predicted molar refractivity (Wildman–Crippen MR) is 140 cm³/mol. The fraction of sp³-hybridized carbons (Fsp3) is 0.321. The molecule has 36 heavy (non-hydrogen) atoms. The van der Waals surface area contributed by atoms with Gasteiger partial charge in [-0.2, -0.15) is 0 Å². The molecule has 0 N–H and O–H groups in total. The molecule has 0 amide bonds. The number of benzene rings is 2. The molecule has 0 saturated heterocycles. The number of hydrogen-bond acceptors (Lipinski definition) is 7. The summed E-state index contributed by atoms with van der Waals surface area (Å²) in [6.45, 7) is 9.67. The summed E-state index contributed by atoms with van der Waals surface area (Å²) in [5.74, 6) is 0.757. The number of rotatable bonds is 7. The van der Waals surface area contributed by atoms with Gasteiger partial charge in [-0.15, -0.1) is 0 Å². The van der Waals surface area contributed by atoms with E-state index in [1.807, 2.05) is 63.2 Å². The summed E-state index contributed by atoms with van der Waals surface area (Å²) in [5.41, 5.74) is 3.40. The lowest BCUT2D eigenvalue weighted by molar-refractivity contribution is -0.139. The molecule has 188 valence electrons. The van der Waals surface area contributed by atoms with Crippen molar-refractivity contribution >= 4 is 23.4 Å². The van der Waals surface area contributed by atoms with E-state index in [4.69, 9.17) is 14.2 Å². The number of allylic oxidation sites excluding steroid dienone is 1. The van der Waals surface area contributed by atoms with Gasteiger partial charge in [-0.05, 0) is 64.0 Å². The summed E-state index contributed by atoms with van der Waals surface area (Å²) < 4.78 is 18.7. The largest absolute Gasteiger partial charge is 0.493 e. The average Bonchev–Trinajstić information content (AvgIpc) is 3.13. The molecule has 1 aliphatic rings. The van der Waals surface area contributed by atoms with Gasteiger partial charge in [0.15, 0.2) is 16.3 Å². The standard InChI is InChI=1S/C28H30N2O5S/c1-7-34-27(32)24-18(5)29-28-30(25(24)20-11-8-17(4)9-12-20)26(31)23(36-28)15-19-10-13-21(35-16(2)3)22(14-19)33-6/h8-16,25H,7H2,1-6H3/b23-15+/t25-/m0/s1. The smallest absolute Gasteiger partial charge is 0.338 e. The highest BCUT2D eigenvalue weighted by atomic mass is 32.1. The molecule has 7 nitrogen and oxygen atoms in total. The number of esters is 1. The first-order valence-corrected chi connectivity index (χ1v) is 12.7. The van der Waals surface area contributed by atoms with Crippen LogP contribution in [-0.2, 0) is 9.53 Å². The Balaban J connectivity index is 1.88. The van der Waals surface area contributed by atoms with Crippen LogP contribution in [0.2, 0.25) is 0 Å². The highest BCUT2D eigenvalue weighted by Crippen LogP contribution is 2.31. The number of aromatic nitrogens is 1. The van der Waals surface area contributed by atoms with Crippen molar-refractivity contribution in [2.24, 2.45) is 4.99 Å². The maximum atomic E-state index is 13.7. The molecule has 0 saturated carbocycles. The van der Waals surface area contributed by atoms with E-state index >= 15 is 0 Å². The summed E-state index contributed by atoms with van der Waals surface area (Å²) in [6, 6.07) is 12.7. The highest BCUT2D eigenvalue weighted by molar-refractivity contribution is 7.07. The number of ether oxygens (including phenoxy) is 3. The predicted octanol–water partition coefficient (Wildman–Crippen LogP) is 3.90. The van der Waals surface area contributed by atoms with Gasteiger partial charge in [0.25, 0.3) is 5.56 Å². The first-order valence-electron chi connectivity index (χ1n) is 11.8. The zero-order valence-electron chi connectivity index (χ0n) is 21.3. The molecule has 1 atom stereocenters. The minimum Gasteiger partial charge on any atom is -0.493 e. The Kier molecular flexibility index (Phi) is 7.45. The van der Waals surface area contributed by atoms with Gasteiger partial charge in [0.05, 0.1) is 41.7 Å². The van der Waals surface area contributed by atoms with Crippen molar-refractivity contribution < 1.29 is 19.0 Å². The third-order valence-electron chi connectivity index (χ3n) is 5.76. The maximum Gasteiger partial charge on any atom is 0.338 e. The maximum absolute atomic E-state index is 13.7. The van der Waals surface area contributed by atoms with Crippen LogP contribution < -0.4 is 24.4 Å². The van der Waals surface area contributed by atoms with E-state index in [0.29, 0.717) is 32.1 Å². The second-order valence-electron chi connectivity index (χ2n) is 8.79. The second-order valence-corrected chi connectivity index (χ2v) is 9.80. The summed E-state index contributed by atoms with van der Waals surface area (Å²) in [7, 11) is 1.58. The van der Waals surface area contributed by atoms with Gasteiger partial charge in [-0.1, -0.05) is 47.2 Å². The van der Waals surface area contributed by atoms with Crippen LogP contribution in [0.5, 0.6) is 11.5 Å². The lowest BCUT2D eigenvalue weighted by Gasteiger charge is -2.24. The van der Waals surface area contributed by atoms with E-state index in [1.165, 1.54) is 11.3 Å². The Hall–Kier alpha value is -3.65. The van der Waals surface area contributed by atoms with E-state index < -0.39 is 12.0 Å². The topological polar surface area (TPSA) is 79.1 Å². The molecule has 8 heteroatoms. The van der Waals surface area contributed by atoms with Gasteiger partial charge < -0.3 is 14.2 Å². The molecular formula is C28H30N2O5S. The van der Waals surface area contributed by atoms with Crippen LogP contribution >= 0.6 is 11.3 Å². The van der Waals surface area contributed by atoms with Crippen molar-refractivity contribution in [1.82, 2.24) is 4.57 Å². The Labute approximate surface area is 214 Å². The Morgan fingerprint density at radius 2 is 1.86 bits per heavy atom. The molecule has 2 aromatic carbocycles. The van der Waals surface area contributed by atoms with Crippen molar-refractivity contribution in [3.05, 3.63) is 90.1 Å². The summed E-state index contributed by atoms with van der Waals surface area (Å²) in [5, 5.41) is 0. The minimum absolute atomic E-state index is 0.00653. The number of thiazole rings is 1. The van der Waals surface area contributed by atoms with Crippen LogP contribution in [0, 0.1) is 6.92 Å². The van der Waals surface area contributed by atoms with Crippen LogP contribution in [-0.4, -0.2) is 30.4 Å². The number of aryl methyl sites for hydroxylation is 1. The van der Waals surface area contributed by atoms with Crippen molar-refractivity contribution in [3.8, 4) is 11.5 Å². The summed E-state index contributed by atoms with van der Waals surface area (Å²) in [6.07, 6.45) is 1.81. The molecule has 0 bridgehead atoms. The molecule has 3 aromatic rings. The number of hydrogen-bond donors (Lipinski definition) is 0. The molecule has 0 spiro atoms. The van der Waals surface area contributed by atoms with Gasteiger partial charge in [0.1, 0.15) is 0 Å². The van der Waals surface area contributed by atoms with Gasteiger partial charge in [-0.25, -0.2) is 9.79 Å². The normalized spacial score (nSPS) is 15.5. The zero-order valence-corrected chi connectivity index (χ0v) is 22.1. The Morgan fingerprint density at radius 1 is 1.14 bits per heavy atom. The van der Waals surface area contributed by atoms with Crippen molar-refractivity contribution in [2.75, 3.05) is 13.7 Å². The highest BCUT2D eigenvalue weighted by Gasteiger charge is 2.33. The number of carbonyl (C=O) groups excluding carboxylic acids is 1. The molecule has 1 aliphatic heterocycles. The lowest BCUT2D eigenvalue weighted by atomic mass is 9.95. The van der Waals surface area contributed by atoms with Gasteiger partial charge in [0.2, 0.25) is 0 Å². The van der Waals surface area contributed by atoms with Crippen LogP contribution in [0.1, 0.15) is 50.4 Å². The third kappa shape index (κ3) is 4.99. The molecule has 4 rings (SSSR count). The SMILES string of the molecule is CCOC(=O)C1=C(C)N=c2s/c(=C/c3ccc(OC(C)C)c(OC)c3)c(=O)n2[C@H]1c1ccc(C)cc1. The summed E-state index contributed by atoms with van der Waals surface area (Å²) >= 11 is 1.29. The van der Waals surface area contributed by atoms with Crippen molar-refractivity contribution in [3.63, 3.8) is 0 Å². The van der Waals surface area contributed by atoms with E-state index in [-0.39, 0.29) is 18.3 Å². The molecule has 0 fully saturated rings. The van der Waals surface area contributed by atoms with Crippen LogP contribution in [0.25, 0.3) is 6.08 Å². The molecule has 1 aromatic heterocycles.